The Hall–Kier alpha value is -0.980. The van der Waals surface area contributed by atoms with E-state index in [1.807, 2.05) is 45.0 Å². The van der Waals surface area contributed by atoms with Gasteiger partial charge in [-0.25, -0.2) is 4.79 Å². The van der Waals surface area contributed by atoms with Gasteiger partial charge in [-0.2, -0.15) is 0 Å². The van der Waals surface area contributed by atoms with Crippen LogP contribution in [0.5, 0.6) is 0 Å². The van der Waals surface area contributed by atoms with Crippen molar-refractivity contribution in [3.05, 3.63) is 27.8 Å². The first-order chi connectivity index (χ1) is 8.78. The second-order valence-electron chi connectivity index (χ2n) is 5.34. The molecule has 4 nitrogen and oxygen atoms in total. The lowest BCUT2D eigenvalue weighted by atomic mass is 10.2. The van der Waals surface area contributed by atoms with E-state index in [4.69, 9.17) is 4.74 Å². The number of rotatable bonds is 4. The number of carbonyl (C=O) groups excluding carboxylic acids is 1. The molecule has 1 aromatic rings. The topological polar surface area (TPSA) is 41.6 Å². The molecule has 0 aromatic heterocycles. The van der Waals surface area contributed by atoms with E-state index in [-0.39, 0.29) is 6.09 Å². The molecule has 0 aliphatic heterocycles. The highest BCUT2D eigenvalue weighted by Crippen LogP contribution is 2.11. The second kappa shape index (κ2) is 6.98. The zero-order chi connectivity index (χ0) is 14.5. The van der Waals surface area contributed by atoms with E-state index in [9.17, 15) is 4.79 Å². The van der Waals surface area contributed by atoms with Crippen LogP contribution >= 0.6 is 22.6 Å². The molecule has 5 heteroatoms. The van der Waals surface area contributed by atoms with Gasteiger partial charge in [-0.05, 0) is 67.6 Å². The van der Waals surface area contributed by atoms with E-state index in [1.54, 1.807) is 11.9 Å². The second-order valence-corrected chi connectivity index (χ2v) is 6.58. The maximum atomic E-state index is 11.7. The highest BCUT2D eigenvalue weighted by molar-refractivity contribution is 14.1. The van der Waals surface area contributed by atoms with Crippen LogP contribution in [-0.2, 0) is 4.74 Å². The van der Waals surface area contributed by atoms with Gasteiger partial charge in [-0.15, -0.1) is 0 Å². The molecule has 0 unspecified atom stereocenters. The van der Waals surface area contributed by atoms with Gasteiger partial charge in [0.1, 0.15) is 5.60 Å². The molecule has 0 bridgehead atoms. The normalized spacial score (nSPS) is 11.0. The molecule has 0 heterocycles. The first kappa shape index (κ1) is 16.1. The average molecular weight is 376 g/mol. The van der Waals surface area contributed by atoms with E-state index in [0.29, 0.717) is 13.1 Å². The van der Waals surface area contributed by atoms with E-state index < -0.39 is 5.60 Å². The largest absolute Gasteiger partial charge is 0.444 e. The molecule has 106 valence electrons. The van der Waals surface area contributed by atoms with Crippen molar-refractivity contribution in [1.82, 2.24) is 4.90 Å². The third-order valence-corrected chi connectivity index (χ3v) is 3.04. The molecular formula is C14H21IN2O2. The van der Waals surface area contributed by atoms with Crippen LogP contribution < -0.4 is 5.32 Å². The van der Waals surface area contributed by atoms with Gasteiger partial charge in [-0.3, -0.25) is 0 Å². The lowest BCUT2D eigenvalue weighted by molar-refractivity contribution is 0.0305. The van der Waals surface area contributed by atoms with E-state index in [2.05, 4.69) is 27.9 Å². The summed E-state index contributed by atoms with van der Waals surface area (Å²) in [6, 6.07) is 8.13. The number of likely N-dealkylation sites (N-methyl/N-ethyl adjacent to an activating group) is 1. The molecule has 19 heavy (non-hydrogen) atoms. The minimum atomic E-state index is -0.450. The van der Waals surface area contributed by atoms with Crippen LogP contribution in [-0.4, -0.2) is 36.7 Å². The Morgan fingerprint density at radius 3 is 2.42 bits per heavy atom. The zero-order valence-electron chi connectivity index (χ0n) is 11.9. The van der Waals surface area contributed by atoms with Gasteiger partial charge in [0, 0.05) is 29.4 Å². The standard InChI is InChI=1S/C14H21IN2O2/c1-14(2,3)19-13(18)17(4)10-9-16-12-7-5-11(15)6-8-12/h5-8,16H,9-10H2,1-4H3. The Morgan fingerprint density at radius 1 is 1.32 bits per heavy atom. The van der Waals surface area contributed by atoms with Crippen LogP contribution in [0.4, 0.5) is 10.5 Å². The number of ether oxygens (including phenoxy) is 1. The number of nitrogens with zero attached hydrogens (tertiary/aromatic N) is 1. The Labute approximate surface area is 128 Å². The monoisotopic (exact) mass is 376 g/mol. The summed E-state index contributed by atoms with van der Waals surface area (Å²) in [7, 11) is 1.74. The summed E-state index contributed by atoms with van der Waals surface area (Å²) in [4.78, 5) is 13.3. The summed E-state index contributed by atoms with van der Waals surface area (Å²) in [5, 5.41) is 3.27. The minimum absolute atomic E-state index is 0.295. The number of benzene rings is 1. The predicted octanol–water partition coefficient (Wildman–Crippen LogP) is 3.57. The highest BCUT2D eigenvalue weighted by atomic mass is 127. The lowest BCUT2D eigenvalue weighted by Gasteiger charge is -2.24. The van der Waals surface area contributed by atoms with Crippen molar-refractivity contribution >= 4 is 34.4 Å². The van der Waals surface area contributed by atoms with Gasteiger partial charge in [0.25, 0.3) is 0 Å². The van der Waals surface area contributed by atoms with E-state index in [1.165, 1.54) is 3.57 Å². The third kappa shape index (κ3) is 6.66. The Balaban J connectivity index is 2.32. The van der Waals surface area contributed by atoms with Crippen molar-refractivity contribution in [3.8, 4) is 0 Å². The molecule has 0 fully saturated rings. The first-order valence-electron chi connectivity index (χ1n) is 6.21. The lowest BCUT2D eigenvalue weighted by Crippen LogP contribution is -2.36. The molecule has 0 atom stereocenters. The van der Waals surface area contributed by atoms with Crippen molar-refractivity contribution in [3.63, 3.8) is 0 Å². The maximum Gasteiger partial charge on any atom is 0.410 e. The molecule has 1 amide bonds. The smallest absolute Gasteiger partial charge is 0.410 e. The highest BCUT2D eigenvalue weighted by Gasteiger charge is 2.18. The van der Waals surface area contributed by atoms with Crippen LogP contribution in [0.3, 0.4) is 0 Å². The van der Waals surface area contributed by atoms with Crippen LogP contribution in [0.25, 0.3) is 0 Å². The molecule has 0 radical (unpaired) electrons. The SMILES string of the molecule is CN(CCNc1ccc(I)cc1)C(=O)OC(C)(C)C. The Morgan fingerprint density at radius 2 is 1.89 bits per heavy atom. The summed E-state index contributed by atoms with van der Waals surface area (Å²) in [5.41, 5.74) is 0.604. The van der Waals surface area contributed by atoms with Gasteiger partial charge in [-0.1, -0.05) is 0 Å². The van der Waals surface area contributed by atoms with Crippen molar-refractivity contribution in [2.75, 3.05) is 25.5 Å². The van der Waals surface area contributed by atoms with Crippen molar-refractivity contribution < 1.29 is 9.53 Å². The number of hydrogen-bond acceptors (Lipinski definition) is 3. The molecule has 0 aliphatic carbocycles. The number of amides is 1. The summed E-state index contributed by atoms with van der Waals surface area (Å²) in [6.07, 6.45) is -0.295. The summed E-state index contributed by atoms with van der Waals surface area (Å²) in [5.74, 6) is 0. The number of nitrogens with one attached hydrogen (secondary N) is 1. The van der Waals surface area contributed by atoms with E-state index >= 15 is 0 Å². The number of anilines is 1. The molecule has 1 rings (SSSR count). The zero-order valence-corrected chi connectivity index (χ0v) is 14.0. The average Bonchev–Trinajstić information content (AvgIpc) is 2.29. The number of carbonyl (C=O) groups is 1. The minimum Gasteiger partial charge on any atom is -0.444 e. The molecular weight excluding hydrogens is 355 g/mol. The van der Waals surface area contributed by atoms with Gasteiger partial charge in [0.15, 0.2) is 0 Å². The van der Waals surface area contributed by atoms with E-state index in [0.717, 1.165) is 5.69 Å². The number of hydrogen-bond donors (Lipinski definition) is 1. The fourth-order valence-electron chi connectivity index (χ4n) is 1.37. The van der Waals surface area contributed by atoms with Crippen molar-refractivity contribution in [1.29, 1.82) is 0 Å². The summed E-state index contributed by atoms with van der Waals surface area (Å²) < 4.78 is 6.48. The molecule has 0 aliphatic rings. The van der Waals surface area contributed by atoms with Crippen LogP contribution in [0.1, 0.15) is 20.8 Å². The third-order valence-electron chi connectivity index (χ3n) is 2.33. The Bertz CT molecular complexity index is 412. The van der Waals surface area contributed by atoms with Gasteiger partial charge >= 0.3 is 6.09 Å². The maximum absolute atomic E-state index is 11.7. The fourth-order valence-corrected chi connectivity index (χ4v) is 1.73. The molecule has 0 saturated heterocycles. The summed E-state index contributed by atoms with van der Waals surface area (Å²) in [6.45, 7) is 6.88. The summed E-state index contributed by atoms with van der Waals surface area (Å²) >= 11 is 2.27. The van der Waals surface area contributed by atoms with Crippen molar-refractivity contribution in [2.24, 2.45) is 0 Å². The number of halogens is 1. The molecule has 1 aromatic carbocycles. The quantitative estimate of drug-likeness (QED) is 0.817. The fraction of sp³-hybridized carbons (Fsp3) is 0.500. The first-order valence-corrected chi connectivity index (χ1v) is 7.29. The van der Waals surface area contributed by atoms with Gasteiger partial charge < -0.3 is 15.0 Å². The molecule has 1 N–H and O–H groups in total. The van der Waals surface area contributed by atoms with Gasteiger partial charge in [0.2, 0.25) is 0 Å². The van der Waals surface area contributed by atoms with Crippen molar-refractivity contribution in [2.45, 2.75) is 26.4 Å². The molecule has 0 spiro atoms. The molecule has 0 saturated carbocycles. The van der Waals surface area contributed by atoms with Crippen LogP contribution in [0, 0.1) is 3.57 Å². The Kier molecular flexibility index (Phi) is 5.90. The predicted molar refractivity (Wildman–Crippen MR) is 86.5 cm³/mol. The van der Waals surface area contributed by atoms with Crippen LogP contribution in [0.15, 0.2) is 24.3 Å². The van der Waals surface area contributed by atoms with Crippen LogP contribution in [0.2, 0.25) is 0 Å². The van der Waals surface area contributed by atoms with Gasteiger partial charge in [0.05, 0.1) is 0 Å².